The van der Waals surface area contributed by atoms with Crippen molar-refractivity contribution in [2.24, 2.45) is 0 Å². The zero-order chi connectivity index (χ0) is 15.7. The van der Waals surface area contributed by atoms with Gasteiger partial charge in [0.05, 0.1) is 16.0 Å². The number of imide groups is 1. The van der Waals surface area contributed by atoms with Crippen molar-refractivity contribution < 1.29 is 23.1 Å². The van der Waals surface area contributed by atoms with Gasteiger partial charge in [-0.1, -0.05) is 28.7 Å². The maximum Gasteiger partial charge on any atom is 0.288 e. The number of nitrogens with zero attached hydrogens (tertiary/aromatic N) is 1. The van der Waals surface area contributed by atoms with E-state index in [4.69, 9.17) is 11.6 Å². The third-order valence-corrected chi connectivity index (χ3v) is 4.02. The molecule has 112 valence electrons. The smallest absolute Gasteiger partial charge is 0.266 e. The highest BCUT2D eigenvalue weighted by molar-refractivity contribution is 7.80. The van der Waals surface area contributed by atoms with Crippen LogP contribution in [0.3, 0.4) is 0 Å². The lowest BCUT2D eigenvalue weighted by Gasteiger charge is -2.10. The van der Waals surface area contributed by atoms with Gasteiger partial charge in [-0.25, -0.2) is 4.21 Å². The average Bonchev–Trinajstić information content (AvgIpc) is 2.78. The molecular weight excluding hydrogens is 330 g/mol. The van der Waals surface area contributed by atoms with E-state index in [2.05, 4.69) is 9.32 Å². The number of hydrogen-bond donors (Lipinski definition) is 0. The van der Waals surface area contributed by atoms with Crippen LogP contribution in [-0.2, 0) is 20.4 Å². The number of amides is 2. The summed E-state index contributed by atoms with van der Waals surface area (Å²) in [6, 6.07) is 12.2. The number of hydroxylamine groups is 2. The first kappa shape index (κ1) is 14.9. The van der Waals surface area contributed by atoms with E-state index >= 15 is 0 Å². The second kappa shape index (κ2) is 5.98. The summed E-state index contributed by atoms with van der Waals surface area (Å²) in [7, 11) is 0. The second-order valence-electron chi connectivity index (χ2n) is 4.28. The lowest BCUT2D eigenvalue weighted by molar-refractivity contribution is -0.312. The Balaban J connectivity index is 1.70. The molecule has 1 aliphatic rings. The molecule has 1 atom stereocenters. The molecule has 2 amide bonds. The van der Waals surface area contributed by atoms with E-state index in [1.165, 1.54) is 36.4 Å². The van der Waals surface area contributed by atoms with E-state index in [-0.39, 0.29) is 16.0 Å². The van der Waals surface area contributed by atoms with Crippen LogP contribution < -0.4 is 0 Å². The summed E-state index contributed by atoms with van der Waals surface area (Å²) >= 11 is 3.71. The van der Waals surface area contributed by atoms with Crippen molar-refractivity contribution in [2.75, 3.05) is 0 Å². The van der Waals surface area contributed by atoms with Crippen molar-refractivity contribution >= 4 is 34.5 Å². The normalized spacial score (nSPS) is 15.0. The number of rotatable bonds is 4. The Labute approximate surface area is 132 Å². The quantitative estimate of drug-likeness (QED) is 0.487. The molecular formula is C14H8ClNO5S. The monoisotopic (exact) mass is 337 g/mol. The van der Waals surface area contributed by atoms with Gasteiger partial charge in [0.1, 0.15) is 0 Å². The molecule has 2 aromatic carbocycles. The summed E-state index contributed by atoms with van der Waals surface area (Å²) in [6.45, 7) is 0. The van der Waals surface area contributed by atoms with E-state index < -0.39 is 22.9 Å². The third kappa shape index (κ3) is 2.67. The Hall–Kier alpha value is -2.06. The number of fused-ring (bicyclic) bond motifs is 1. The van der Waals surface area contributed by atoms with Crippen LogP contribution in [0, 0.1) is 0 Å². The standard InChI is InChI=1S/C14H8ClNO5S/c15-9-5-7-10(8-6-9)22(19)21-20-16-13(17)11-3-1-2-4-12(11)14(16)18/h1-8H. The molecule has 0 fully saturated rings. The predicted octanol–water partition coefficient (Wildman–Crippen LogP) is 2.52. The Morgan fingerprint density at radius 3 is 2.00 bits per heavy atom. The minimum absolute atomic E-state index is 0.202. The Morgan fingerprint density at radius 2 is 1.45 bits per heavy atom. The van der Waals surface area contributed by atoms with Gasteiger partial charge in [-0.2, -0.15) is 0 Å². The van der Waals surface area contributed by atoms with Crippen LogP contribution in [0.1, 0.15) is 20.7 Å². The van der Waals surface area contributed by atoms with Crippen LogP contribution in [0.2, 0.25) is 5.02 Å². The van der Waals surface area contributed by atoms with Crippen molar-refractivity contribution in [2.45, 2.75) is 4.90 Å². The summed E-state index contributed by atoms with van der Waals surface area (Å²) in [5, 5.41) is 0.903. The van der Waals surface area contributed by atoms with Crippen molar-refractivity contribution in [3.8, 4) is 0 Å². The molecule has 6 nitrogen and oxygen atoms in total. The highest BCUT2D eigenvalue weighted by Gasteiger charge is 2.38. The number of hydrogen-bond acceptors (Lipinski definition) is 5. The predicted molar refractivity (Wildman–Crippen MR) is 77.0 cm³/mol. The molecule has 22 heavy (non-hydrogen) atoms. The maximum atomic E-state index is 12.0. The molecule has 3 rings (SSSR count). The number of halogens is 1. The summed E-state index contributed by atoms with van der Waals surface area (Å²) in [5.74, 6) is -1.34. The molecule has 1 heterocycles. The van der Waals surface area contributed by atoms with Crippen LogP contribution in [0.25, 0.3) is 0 Å². The molecule has 0 radical (unpaired) electrons. The molecule has 8 heteroatoms. The topological polar surface area (TPSA) is 72.9 Å². The van der Waals surface area contributed by atoms with Gasteiger partial charge in [0, 0.05) is 5.02 Å². The minimum atomic E-state index is -2.01. The Morgan fingerprint density at radius 1 is 0.909 bits per heavy atom. The Kier molecular flexibility index (Phi) is 4.04. The average molecular weight is 338 g/mol. The molecule has 2 aromatic rings. The summed E-state index contributed by atoms with van der Waals surface area (Å²) in [6.07, 6.45) is 0. The van der Waals surface area contributed by atoms with Gasteiger partial charge in [0.15, 0.2) is 0 Å². The Bertz CT molecular complexity index is 742. The van der Waals surface area contributed by atoms with Gasteiger partial charge in [-0.3, -0.25) is 9.59 Å². The van der Waals surface area contributed by atoms with Crippen molar-refractivity contribution in [1.82, 2.24) is 5.06 Å². The van der Waals surface area contributed by atoms with E-state index in [1.54, 1.807) is 12.1 Å². The highest BCUT2D eigenvalue weighted by Crippen LogP contribution is 2.23. The zero-order valence-corrected chi connectivity index (χ0v) is 12.5. The molecule has 0 aliphatic carbocycles. The molecule has 0 spiro atoms. The van der Waals surface area contributed by atoms with Crippen molar-refractivity contribution in [3.63, 3.8) is 0 Å². The fourth-order valence-electron chi connectivity index (χ4n) is 1.88. The lowest BCUT2D eigenvalue weighted by atomic mass is 10.1. The first-order chi connectivity index (χ1) is 10.6. The first-order valence-electron chi connectivity index (χ1n) is 6.08. The fourth-order valence-corrected chi connectivity index (χ4v) is 2.56. The van der Waals surface area contributed by atoms with Gasteiger partial charge in [-0.15, -0.1) is 9.40 Å². The first-order valence-corrected chi connectivity index (χ1v) is 7.53. The van der Waals surface area contributed by atoms with Gasteiger partial charge in [-0.05, 0) is 36.4 Å². The largest absolute Gasteiger partial charge is 0.288 e. The summed E-state index contributed by atoms with van der Waals surface area (Å²) in [4.78, 5) is 28.9. The van der Waals surface area contributed by atoms with Gasteiger partial charge >= 0.3 is 0 Å². The number of benzene rings is 2. The van der Waals surface area contributed by atoms with Crippen LogP contribution in [0.15, 0.2) is 53.4 Å². The van der Waals surface area contributed by atoms with Crippen molar-refractivity contribution in [3.05, 3.63) is 64.7 Å². The minimum Gasteiger partial charge on any atom is -0.266 e. The van der Waals surface area contributed by atoms with Crippen LogP contribution >= 0.6 is 11.6 Å². The third-order valence-electron chi connectivity index (χ3n) is 2.93. The highest BCUT2D eigenvalue weighted by atomic mass is 35.5. The van der Waals surface area contributed by atoms with E-state index in [0.29, 0.717) is 10.1 Å². The van der Waals surface area contributed by atoms with Gasteiger partial charge in [0.2, 0.25) is 11.1 Å². The zero-order valence-electron chi connectivity index (χ0n) is 10.9. The molecule has 1 unspecified atom stereocenters. The van der Waals surface area contributed by atoms with Gasteiger partial charge in [0.25, 0.3) is 11.8 Å². The maximum absolute atomic E-state index is 12.0. The second-order valence-corrected chi connectivity index (χ2v) is 5.79. The van der Waals surface area contributed by atoms with Crippen molar-refractivity contribution in [1.29, 1.82) is 0 Å². The molecule has 0 bridgehead atoms. The van der Waals surface area contributed by atoms with Crippen LogP contribution in [0.4, 0.5) is 0 Å². The molecule has 0 saturated heterocycles. The number of carbonyl (C=O) groups excluding carboxylic acids is 2. The molecule has 0 aromatic heterocycles. The van der Waals surface area contributed by atoms with Crippen LogP contribution in [0.5, 0.6) is 0 Å². The van der Waals surface area contributed by atoms with E-state index in [1.807, 2.05) is 0 Å². The molecule has 1 aliphatic heterocycles. The van der Waals surface area contributed by atoms with E-state index in [9.17, 15) is 13.8 Å². The fraction of sp³-hybridized carbons (Fsp3) is 0. The van der Waals surface area contributed by atoms with Gasteiger partial charge < -0.3 is 0 Å². The number of carbonyl (C=O) groups is 2. The summed E-state index contributed by atoms with van der Waals surface area (Å²) in [5.41, 5.74) is 0.404. The van der Waals surface area contributed by atoms with E-state index in [0.717, 1.165) is 0 Å². The summed E-state index contributed by atoms with van der Waals surface area (Å²) < 4.78 is 16.5. The molecule has 0 N–H and O–H groups in total. The molecule has 0 saturated carbocycles. The SMILES string of the molecule is O=C1c2ccccc2C(=O)N1OOS(=O)c1ccc(Cl)cc1. The lowest BCUT2D eigenvalue weighted by Crippen LogP contribution is -2.30. The van der Waals surface area contributed by atoms with Crippen LogP contribution in [-0.4, -0.2) is 21.1 Å².